The smallest absolute Gasteiger partial charge is 0.249 e. The second-order valence-corrected chi connectivity index (χ2v) is 3.84. The average molecular weight is 203 g/mol. The minimum absolute atomic E-state index is 0.372. The number of carbonyl (C=O) groups excluding carboxylic acids is 1. The van der Waals surface area contributed by atoms with Gasteiger partial charge in [0.05, 0.1) is 5.56 Å². The number of primary amides is 1. The summed E-state index contributed by atoms with van der Waals surface area (Å²) in [5.74, 6) is -0.372. The van der Waals surface area contributed by atoms with Gasteiger partial charge in [0.15, 0.2) is 0 Å². The fraction of sp³-hybridized carbons (Fsp3) is 0. The number of hydrogen-bond donors (Lipinski definition) is 1. The first-order chi connectivity index (χ1) is 6.77. The Balaban J connectivity index is 2.39. The molecule has 0 aliphatic carbocycles. The van der Waals surface area contributed by atoms with Crippen molar-refractivity contribution >= 4 is 17.2 Å². The molecule has 2 nitrogen and oxygen atoms in total. The van der Waals surface area contributed by atoms with Crippen molar-refractivity contribution in [2.45, 2.75) is 0 Å². The predicted octanol–water partition coefficient (Wildman–Crippen LogP) is 2.51. The van der Waals surface area contributed by atoms with E-state index in [-0.39, 0.29) is 5.91 Å². The van der Waals surface area contributed by atoms with E-state index in [4.69, 9.17) is 5.73 Å². The van der Waals surface area contributed by atoms with E-state index in [2.05, 4.69) is 0 Å². The molecule has 0 aliphatic heterocycles. The van der Waals surface area contributed by atoms with Crippen molar-refractivity contribution in [3.05, 3.63) is 47.3 Å². The molecule has 1 aromatic carbocycles. The molecule has 70 valence electrons. The van der Waals surface area contributed by atoms with Gasteiger partial charge in [0.2, 0.25) is 5.91 Å². The largest absolute Gasteiger partial charge is 0.366 e. The zero-order valence-corrected chi connectivity index (χ0v) is 8.25. The molecule has 0 spiro atoms. The Morgan fingerprint density at radius 1 is 1.21 bits per heavy atom. The van der Waals surface area contributed by atoms with E-state index >= 15 is 0 Å². The minimum Gasteiger partial charge on any atom is -0.366 e. The van der Waals surface area contributed by atoms with Crippen LogP contribution >= 0.6 is 11.3 Å². The van der Waals surface area contributed by atoms with Gasteiger partial charge in [-0.25, -0.2) is 0 Å². The molecular formula is C11H9NOS. The van der Waals surface area contributed by atoms with Gasteiger partial charge in [-0.05, 0) is 11.6 Å². The summed E-state index contributed by atoms with van der Waals surface area (Å²) in [6.45, 7) is 0. The third kappa shape index (κ3) is 1.67. The standard InChI is InChI=1S/C11H9NOS/c12-11(13)9-6-10(14-7-9)8-4-2-1-3-5-8/h1-7H,(H2,12,13). The third-order valence-electron chi connectivity index (χ3n) is 1.94. The summed E-state index contributed by atoms with van der Waals surface area (Å²) in [5, 5.41) is 1.78. The second kappa shape index (κ2) is 3.64. The molecule has 0 fully saturated rings. The van der Waals surface area contributed by atoms with E-state index in [1.165, 1.54) is 11.3 Å². The highest BCUT2D eigenvalue weighted by molar-refractivity contribution is 7.13. The van der Waals surface area contributed by atoms with Crippen LogP contribution in [0.2, 0.25) is 0 Å². The average Bonchev–Trinajstić information content (AvgIpc) is 2.68. The van der Waals surface area contributed by atoms with Gasteiger partial charge >= 0.3 is 0 Å². The molecule has 1 amide bonds. The summed E-state index contributed by atoms with van der Waals surface area (Å²) in [6, 6.07) is 11.7. The maximum atomic E-state index is 10.9. The van der Waals surface area contributed by atoms with Gasteiger partial charge in [-0.3, -0.25) is 4.79 Å². The van der Waals surface area contributed by atoms with Crippen LogP contribution in [0.4, 0.5) is 0 Å². The molecule has 14 heavy (non-hydrogen) atoms. The minimum atomic E-state index is -0.372. The molecule has 0 radical (unpaired) electrons. The lowest BCUT2D eigenvalue weighted by molar-refractivity contribution is 0.100. The summed E-state index contributed by atoms with van der Waals surface area (Å²) in [7, 11) is 0. The van der Waals surface area contributed by atoms with Gasteiger partial charge in [0, 0.05) is 10.3 Å². The molecule has 0 saturated carbocycles. The van der Waals surface area contributed by atoms with Crippen molar-refractivity contribution in [3.63, 3.8) is 0 Å². The van der Waals surface area contributed by atoms with Crippen LogP contribution in [0.5, 0.6) is 0 Å². The highest BCUT2D eigenvalue weighted by atomic mass is 32.1. The van der Waals surface area contributed by atoms with Gasteiger partial charge in [-0.15, -0.1) is 11.3 Å². The molecule has 2 aromatic rings. The van der Waals surface area contributed by atoms with Crippen LogP contribution in [0.15, 0.2) is 41.8 Å². The zero-order chi connectivity index (χ0) is 9.97. The molecule has 0 atom stereocenters. The molecular weight excluding hydrogens is 194 g/mol. The first-order valence-corrected chi connectivity index (χ1v) is 5.09. The van der Waals surface area contributed by atoms with Crippen LogP contribution in [0.25, 0.3) is 10.4 Å². The highest BCUT2D eigenvalue weighted by Gasteiger charge is 2.05. The normalized spacial score (nSPS) is 10.0. The Kier molecular flexibility index (Phi) is 2.33. The molecule has 0 bridgehead atoms. The summed E-state index contributed by atoms with van der Waals surface area (Å²) in [6.07, 6.45) is 0. The topological polar surface area (TPSA) is 43.1 Å². The number of thiophene rings is 1. The fourth-order valence-corrected chi connectivity index (χ4v) is 2.12. The molecule has 2 N–H and O–H groups in total. The van der Waals surface area contributed by atoms with E-state index in [1.807, 2.05) is 36.4 Å². The Morgan fingerprint density at radius 2 is 1.93 bits per heavy atom. The Bertz CT molecular complexity index is 447. The number of amides is 1. The van der Waals surface area contributed by atoms with Gasteiger partial charge < -0.3 is 5.73 Å². The first kappa shape index (κ1) is 8.97. The quantitative estimate of drug-likeness (QED) is 0.800. The lowest BCUT2D eigenvalue weighted by atomic mass is 10.2. The Hall–Kier alpha value is -1.61. The molecule has 0 saturated heterocycles. The third-order valence-corrected chi connectivity index (χ3v) is 2.92. The summed E-state index contributed by atoms with van der Waals surface area (Å²) >= 11 is 1.53. The number of benzene rings is 1. The summed E-state index contributed by atoms with van der Waals surface area (Å²) < 4.78 is 0. The highest BCUT2D eigenvalue weighted by Crippen LogP contribution is 2.26. The van der Waals surface area contributed by atoms with Gasteiger partial charge in [0.1, 0.15) is 0 Å². The van der Waals surface area contributed by atoms with E-state index < -0.39 is 0 Å². The van der Waals surface area contributed by atoms with E-state index in [1.54, 1.807) is 5.38 Å². The first-order valence-electron chi connectivity index (χ1n) is 4.21. The van der Waals surface area contributed by atoms with Crippen molar-refractivity contribution < 1.29 is 4.79 Å². The van der Waals surface area contributed by atoms with Crippen LogP contribution in [0.1, 0.15) is 10.4 Å². The van der Waals surface area contributed by atoms with Gasteiger partial charge in [-0.2, -0.15) is 0 Å². The summed E-state index contributed by atoms with van der Waals surface area (Å²) in [5.41, 5.74) is 6.87. The van der Waals surface area contributed by atoms with E-state index in [9.17, 15) is 4.79 Å². The number of nitrogens with two attached hydrogens (primary N) is 1. The number of hydrogen-bond acceptors (Lipinski definition) is 2. The lowest BCUT2D eigenvalue weighted by Gasteiger charge is -1.93. The van der Waals surface area contributed by atoms with Crippen LogP contribution < -0.4 is 5.73 Å². The predicted molar refractivity (Wildman–Crippen MR) is 58.3 cm³/mol. The molecule has 2 rings (SSSR count). The number of carbonyl (C=O) groups is 1. The van der Waals surface area contributed by atoms with E-state index in [0.717, 1.165) is 10.4 Å². The van der Waals surface area contributed by atoms with Gasteiger partial charge in [-0.1, -0.05) is 30.3 Å². The fourth-order valence-electron chi connectivity index (χ4n) is 1.22. The molecule has 1 aromatic heterocycles. The van der Waals surface area contributed by atoms with Crippen LogP contribution in [0, 0.1) is 0 Å². The lowest BCUT2D eigenvalue weighted by Crippen LogP contribution is -2.08. The maximum Gasteiger partial charge on any atom is 0.249 e. The van der Waals surface area contributed by atoms with Crippen LogP contribution in [0.3, 0.4) is 0 Å². The second-order valence-electron chi connectivity index (χ2n) is 2.93. The maximum absolute atomic E-state index is 10.9. The van der Waals surface area contributed by atoms with Crippen LogP contribution in [-0.4, -0.2) is 5.91 Å². The van der Waals surface area contributed by atoms with Crippen molar-refractivity contribution in [3.8, 4) is 10.4 Å². The van der Waals surface area contributed by atoms with Crippen molar-refractivity contribution in [1.82, 2.24) is 0 Å². The SMILES string of the molecule is NC(=O)c1csc(-c2ccccc2)c1. The van der Waals surface area contributed by atoms with Crippen molar-refractivity contribution in [2.24, 2.45) is 5.73 Å². The Morgan fingerprint density at radius 3 is 2.50 bits per heavy atom. The Labute approximate surface area is 86.0 Å². The molecule has 0 aliphatic rings. The van der Waals surface area contributed by atoms with E-state index in [0.29, 0.717) is 5.56 Å². The van der Waals surface area contributed by atoms with Crippen molar-refractivity contribution in [1.29, 1.82) is 0 Å². The molecule has 3 heteroatoms. The van der Waals surface area contributed by atoms with Crippen LogP contribution in [-0.2, 0) is 0 Å². The summed E-state index contributed by atoms with van der Waals surface area (Å²) in [4.78, 5) is 11.9. The van der Waals surface area contributed by atoms with Gasteiger partial charge in [0.25, 0.3) is 0 Å². The molecule has 0 unspecified atom stereocenters. The zero-order valence-electron chi connectivity index (χ0n) is 7.44. The molecule has 1 heterocycles. The number of rotatable bonds is 2. The van der Waals surface area contributed by atoms with Crippen molar-refractivity contribution in [2.75, 3.05) is 0 Å². The monoisotopic (exact) mass is 203 g/mol.